The molecular weight excluding hydrogens is 428 g/mol. The number of nitrogens with one attached hydrogen (secondary N) is 2. The fourth-order valence-electron chi connectivity index (χ4n) is 3.72. The third-order valence-electron chi connectivity index (χ3n) is 6.12. The van der Waals surface area contributed by atoms with Crippen molar-refractivity contribution in [1.29, 1.82) is 0 Å². The molecule has 10 heteroatoms. The second-order valence-corrected chi connectivity index (χ2v) is 8.60. The van der Waals surface area contributed by atoms with Crippen LogP contribution in [0.3, 0.4) is 0 Å². The van der Waals surface area contributed by atoms with Gasteiger partial charge in [0.1, 0.15) is 23.9 Å². The van der Waals surface area contributed by atoms with E-state index in [4.69, 9.17) is 10.8 Å². The highest BCUT2D eigenvalue weighted by molar-refractivity contribution is 5.94. The van der Waals surface area contributed by atoms with Gasteiger partial charge >= 0.3 is 5.97 Å². The Bertz CT molecular complexity index is 859. The van der Waals surface area contributed by atoms with Gasteiger partial charge in [0.25, 0.3) is 0 Å². The molecule has 0 saturated carbocycles. The van der Waals surface area contributed by atoms with Crippen LogP contribution >= 0.6 is 0 Å². The van der Waals surface area contributed by atoms with Crippen LogP contribution < -0.4 is 16.4 Å². The van der Waals surface area contributed by atoms with Crippen LogP contribution in [0, 0.1) is 5.92 Å². The average Bonchev–Trinajstić information content (AvgIpc) is 3.28. The lowest BCUT2D eigenvalue weighted by Crippen LogP contribution is -2.57. The molecule has 33 heavy (non-hydrogen) atoms. The molecule has 0 aromatic heterocycles. The van der Waals surface area contributed by atoms with Gasteiger partial charge < -0.3 is 31.5 Å². The fourth-order valence-corrected chi connectivity index (χ4v) is 3.72. The highest BCUT2D eigenvalue weighted by Gasteiger charge is 2.39. The van der Waals surface area contributed by atoms with Crippen molar-refractivity contribution in [3.8, 4) is 5.75 Å². The van der Waals surface area contributed by atoms with Crippen LogP contribution in [0.25, 0.3) is 0 Å². The Hall–Kier alpha value is -3.14. The maximum Gasteiger partial charge on any atom is 0.325 e. The Morgan fingerprint density at radius 2 is 1.79 bits per heavy atom. The Labute approximate surface area is 193 Å². The van der Waals surface area contributed by atoms with E-state index in [1.54, 1.807) is 12.1 Å². The van der Waals surface area contributed by atoms with E-state index in [9.17, 15) is 24.3 Å². The largest absolute Gasteiger partial charge is 0.508 e. The number of benzene rings is 1. The van der Waals surface area contributed by atoms with Crippen LogP contribution in [0.1, 0.15) is 45.6 Å². The number of hydrogen-bond donors (Lipinski definition) is 5. The van der Waals surface area contributed by atoms with Gasteiger partial charge in [-0.3, -0.25) is 19.2 Å². The molecule has 1 aromatic rings. The van der Waals surface area contributed by atoms with Gasteiger partial charge in [0.05, 0.1) is 6.04 Å². The normalized spacial score (nSPS) is 19.3. The molecule has 0 aliphatic carbocycles. The SMILES string of the molecule is CCC(C)C(N)C(=O)NC(Cc1ccc(O)cc1)C(=O)N1CCCC1C(=O)NC(C)C(=O)O. The van der Waals surface area contributed by atoms with Crippen molar-refractivity contribution >= 4 is 23.7 Å². The molecule has 1 aromatic carbocycles. The lowest BCUT2D eigenvalue weighted by molar-refractivity contribution is -0.144. The molecule has 1 heterocycles. The third-order valence-corrected chi connectivity index (χ3v) is 6.12. The number of likely N-dealkylation sites (tertiary alicyclic amines) is 1. The number of carbonyl (C=O) groups is 4. The van der Waals surface area contributed by atoms with Crippen molar-refractivity contribution in [1.82, 2.24) is 15.5 Å². The number of nitrogens with zero attached hydrogens (tertiary/aromatic N) is 1. The summed E-state index contributed by atoms with van der Waals surface area (Å²) in [4.78, 5) is 51.4. The molecule has 1 fully saturated rings. The Morgan fingerprint density at radius 3 is 2.36 bits per heavy atom. The quantitative estimate of drug-likeness (QED) is 0.335. The zero-order valence-corrected chi connectivity index (χ0v) is 19.3. The summed E-state index contributed by atoms with van der Waals surface area (Å²) in [7, 11) is 0. The molecule has 1 saturated heterocycles. The molecule has 5 unspecified atom stereocenters. The number of carboxylic acid groups (broad SMARTS) is 1. The Morgan fingerprint density at radius 1 is 1.15 bits per heavy atom. The highest BCUT2D eigenvalue weighted by Crippen LogP contribution is 2.21. The summed E-state index contributed by atoms with van der Waals surface area (Å²) in [5.74, 6) is -2.61. The summed E-state index contributed by atoms with van der Waals surface area (Å²) in [6.07, 6.45) is 1.82. The predicted octanol–water partition coefficient (Wildman–Crippen LogP) is 0.373. The summed E-state index contributed by atoms with van der Waals surface area (Å²) in [6, 6.07) is 2.61. The van der Waals surface area contributed by atoms with Crippen LogP contribution in [-0.2, 0) is 25.6 Å². The fraction of sp³-hybridized carbons (Fsp3) is 0.565. The Balaban J connectivity index is 2.23. The van der Waals surface area contributed by atoms with Crippen molar-refractivity contribution in [2.24, 2.45) is 11.7 Å². The molecule has 0 bridgehead atoms. The molecule has 6 N–H and O–H groups in total. The lowest BCUT2D eigenvalue weighted by atomic mass is 9.98. The monoisotopic (exact) mass is 462 g/mol. The number of aliphatic carboxylic acids is 1. The van der Waals surface area contributed by atoms with Crippen LogP contribution in [0.4, 0.5) is 0 Å². The first-order valence-corrected chi connectivity index (χ1v) is 11.2. The number of carboxylic acids is 1. The molecule has 2 rings (SSSR count). The summed E-state index contributed by atoms with van der Waals surface area (Å²) in [5, 5.41) is 23.8. The van der Waals surface area contributed by atoms with E-state index in [1.807, 2.05) is 13.8 Å². The maximum atomic E-state index is 13.5. The number of rotatable bonds is 10. The highest BCUT2D eigenvalue weighted by atomic mass is 16.4. The number of amides is 3. The lowest BCUT2D eigenvalue weighted by Gasteiger charge is -2.30. The van der Waals surface area contributed by atoms with Gasteiger partial charge in [-0.05, 0) is 43.4 Å². The molecule has 1 aliphatic heterocycles. The minimum atomic E-state index is -1.17. The van der Waals surface area contributed by atoms with Crippen LogP contribution in [0.15, 0.2) is 24.3 Å². The first-order chi connectivity index (χ1) is 15.5. The van der Waals surface area contributed by atoms with Gasteiger partial charge in [0, 0.05) is 13.0 Å². The van der Waals surface area contributed by atoms with Crippen LogP contribution in [-0.4, -0.2) is 69.5 Å². The van der Waals surface area contributed by atoms with Crippen molar-refractivity contribution < 1.29 is 29.4 Å². The first-order valence-electron chi connectivity index (χ1n) is 11.2. The summed E-state index contributed by atoms with van der Waals surface area (Å²) >= 11 is 0. The van der Waals surface area contributed by atoms with Crippen molar-refractivity contribution in [3.05, 3.63) is 29.8 Å². The average molecular weight is 463 g/mol. The molecule has 3 amide bonds. The number of aromatic hydroxyl groups is 1. The van der Waals surface area contributed by atoms with E-state index >= 15 is 0 Å². The summed E-state index contributed by atoms with van der Waals surface area (Å²) in [6.45, 7) is 5.44. The predicted molar refractivity (Wildman–Crippen MR) is 121 cm³/mol. The van der Waals surface area contributed by atoms with Crippen molar-refractivity contribution in [3.63, 3.8) is 0 Å². The smallest absolute Gasteiger partial charge is 0.325 e. The molecule has 0 spiro atoms. The summed E-state index contributed by atoms with van der Waals surface area (Å²) in [5.41, 5.74) is 6.77. The van der Waals surface area contributed by atoms with E-state index in [-0.39, 0.29) is 18.1 Å². The second kappa shape index (κ2) is 11.6. The number of hydrogen-bond acceptors (Lipinski definition) is 6. The van der Waals surface area contributed by atoms with Gasteiger partial charge in [-0.1, -0.05) is 32.4 Å². The van der Waals surface area contributed by atoms with Gasteiger partial charge in [0.15, 0.2) is 0 Å². The minimum Gasteiger partial charge on any atom is -0.508 e. The zero-order valence-electron chi connectivity index (χ0n) is 19.3. The van der Waals surface area contributed by atoms with Crippen molar-refractivity contribution in [2.75, 3.05) is 6.54 Å². The molecular formula is C23H34N4O6. The molecule has 5 atom stereocenters. The molecule has 1 aliphatic rings. The second-order valence-electron chi connectivity index (χ2n) is 8.60. The third kappa shape index (κ3) is 6.92. The van der Waals surface area contributed by atoms with Gasteiger partial charge in [-0.15, -0.1) is 0 Å². The topological polar surface area (TPSA) is 162 Å². The minimum absolute atomic E-state index is 0.0771. The summed E-state index contributed by atoms with van der Waals surface area (Å²) < 4.78 is 0. The van der Waals surface area contributed by atoms with Crippen LogP contribution in [0.5, 0.6) is 5.75 Å². The van der Waals surface area contributed by atoms with Gasteiger partial charge in [0.2, 0.25) is 17.7 Å². The number of carbonyl (C=O) groups excluding carboxylic acids is 3. The van der Waals surface area contributed by atoms with Crippen LogP contribution in [0.2, 0.25) is 0 Å². The van der Waals surface area contributed by atoms with E-state index in [1.165, 1.54) is 24.0 Å². The first kappa shape index (κ1) is 26.1. The van der Waals surface area contributed by atoms with E-state index < -0.39 is 47.9 Å². The van der Waals surface area contributed by atoms with E-state index in [0.29, 0.717) is 31.4 Å². The van der Waals surface area contributed by atoms with Gasteiger partial charge in [-0.2, -0.15) is 0 Å². The van der Waals surface area contributed by atoms with Gasteiger partial charge in [-0.25, -0.2) is 0 Å². The van der Waals surface area contributed by atoms with E-state index in [2.05, 4.69) is 10.6 Å². The molecule has 0 radical (unpaired) electrons. The zero-order chi connectivity index (χ0) is 24.7. The van der Waals surface area contributed by atoms with Crippen molar-refractivity contribution in [2.45, 2.75) is 70.6 Å². The number of phenols is 1. The number of nitrogens with two attached hydrogens (primary N) is 1. The number of phenolic OH excluding ortho intramolecular Hbond substituents is 1. The Kier molecular flexibility index (Phi) is 9.22. The molecule has 182 valence electrons. The maximum absolute atomic E-state index is 13.5. The van der Waals surface area contributed by atoms with E-state index in [0.717, 1.165) is 0 Å². The standard InChI is InChI=1S/C23H34N4O6/c1-4-13(2)19(24)21(30)26-17(12-15-7-9-16(28)10-8-15)22(31)27-11-5-6-18(27)20(29)25-14(3)23(32)33/h7-10,13-14,17-19,28H,4-6,11-12,24H2,1-3H3,(H,25,29)(H,26,30)(H,32,33). The molecule has 10 nitrogen and oxygen atoms in total.